The number of nitrogens with zero attached hydrogens (tertiary/aromatic N) is 6. The first-order valence-corrected chi connectivity index (χ1v) is 11.0. The van der Waals surface area contributed by atoms with Crippen molar-refractivity contribution in [3.05, 3.63) is 36.7 Å². The van der Waals surface area contributed by atoms with Gasteiger partial charge in [-0.3, -0.25) is 0 Å². The molecule has 3 aromatic heterocycles. The molecule has 0 unspecified atom stereocenters. The van der Waals surface area contributed by atoms with Gasteiger partial charge in [-0.2, -0.15) is 9.97 Å². The average molecular weight is 473 g/mol. The van der Waals surface area contributed by atoms with Crippen molar-refractivity contribution in [3.63, 3.8) is 0 Å². The Morgan fingerprint density at radius 2 is 1.27 bits per heavy atom. The first-order valence-electron chi connectivity index (χ1n) is 11.0. The minimum atomic E-state index is 0. The summed E-state index contributed by atoms with van der Waals surface area (Å²) in [6.07, 6.45) is 4.10. The Hall–Kier alpha value is -2.58. The van der Waals surface area contributed by atoms with Crippen molar-refractivity contribution in [3.8, 4) is 0 Å². The molecule has 9 heteroatoms. The quantitative estimate of drug-likeness (QED) is 0.364. The van der Waals surface area contributed by atoms with E-state index < -0.39 is 0 Å². The third kappa shape index (κ3) is 21.0. The first kappa shape index (κ1) is 40.7. The Bertz CT molecular complexity index is 621. The molecule has 0 aliphatic heterocycles. The maximum Gasteiger partial charge on any atom is 0.228 e. The van der Waals surface area contributed by atoms with E-state index in [1.807, 2.05) is 90.0 Å². The van der Waals surface area contributed by atoms with Crippen LogP contribution in [-0.4, -0.2) is 30.5 Å². The van der Waals surface area contributed by atoms with Crippen molar-refractivity contribution in [1.82, 2.24) is 30.5 Å². The van der Waals surface area contributed by atoms with Gasteiger partial charge in [-0.25, -0.2) is 0 Å². The van der Waals surface area contributed by atoms with Gasteiger partial charge < -0.3 is 13.5 Å². The summed E-state index contributed by atoms with van der Waals surface area (Å²) in [6.45, 7) is 26.1. The molecule has 0 N–H and O–H groups in total. The second kappa shape index (κ2) is 25.7. The van der Waals surface area contributed by atoms with E-state index in [2.05, 4.69) is 35.0 Å². The maximum absolute atomic E-state index is 4.87. The van der Waals surface area contributed by atoms with E-state index in [9.17, 15) is 0 Å². The lowest BCUT2D eigenvalue weighted by Gasteiger charge is -2.10. The predicted molar refractivity (Wildman–Crippen MR) is 137 cm³/mol. The van der Waals surface area contributed by atoms with Crippen LogP contribution in [0.3, 0.4) is 0 Å². The summed E-state index contributed by atoms with van der Waals surface area (Å²) in [4.78, 5) is 7.75. The van der Waals surface area contributed by atoms with Crippen LogP contribution in [0.1, 0.15) is 134 Å². The van der Waals surface area contributed by atoms with E-state index >= 15 is 0 Å². The van der Waals surface area contributed by atoms with Crippen LogP contribution in [-0.2, 0) is 5.41 Å². The van der Waals surface area contributed by atoms with Crippen LogP contribution in [0.25, 0.3) is 0 Å². The van der Waals surface area contributed by atoms with Crippen molar-refractivity contribution >= 4 is 0 Å². The standard InChI is InChI=1S/C6H10N2O.2C5H8N2O.3C2H6.2CH4/c1-6(2,3)5-7-4-9-8-5;1-4(2)5-7-6-3-8-5;1-4(2)5-6-3-7-8-5;3*1-2;;/h4H,1-3H3;2*3-4H,1-2H3;3*1-2H3;2*1H4. The molecule has 3 heterocycles. The number of rotatable bonds is 2. The first-order chi connectivity index (χ1) is 14.7. The highest BCUT2D eigenvalue weighted by molar-refractivity contribution is 4.96. The third-order valence-corrected chi connectivity index (χ3v) is 2.78. The van der Waals surface area contributed by atoms with Gasteiger partial charge in [0.15, 0.2) is 12.2 Å². The number of hydrogen-bond donors (Lipinski definition) is 0. The summed E-state index contributed by atoms with van der Waals surface area (Å²) in [5.74, 6) is 2.84. The summed E-state index contributed by atoms with van der Waals surface area (Å²) < 4.78 is 14.2. The van der Waals surface area contributed by atoms with Crippen molar-refractivity contribution in [2.24, 2.45) is 0 Å². The minimum Gasteiger partial charge on any atom is -0.428 e. The summed E-state index contributed by atoms with van der Waals surface area (Å²) in [5.41, 5.74) is 0.00694. The molecule has 0 amide bonds. The molecule has 0 atom stereocenters. The van der Waals surface area contributed by atoms with Gasteiger partial charge in [-0.1, -0.05) is 115 Å². The van der Waals surface area contributed by atoms with Crippen molar-refractivity contribution in [2.45, 2.75) is 122 Å². The highest BCUT2D eigenvalue weighted by Crippen LogP contribution is 2.16. The zero-order valence-electron chi connectivity index (χ0n) is 21.8. The van der Waals surface area contributed by atoms with Gasteiger partial charge in [0.05, 0.1) is 0 Å². The Morgan fingerprint density at radius 1 is 0.758 bits per heavy atom. The molecular weight excluding hydrogens is 420 g/mol. The van der Waals surface area contributed by atoms with Crippen LogP contribution < -0.4 is 0 Å². The molecular formula is C24H52N6O3. The summed E-state index contributed by atoms with van der Waals surface area (Å²) in [5, 5.41) is 14.4. The lowest BCUT2D eigenvalue weighted by atomic mass is 9.96. The van der Waals surface area contributed by atoms with Crippen LogP contribution in [0.4, 0.5) is 0 Å². The normalized spacial score (nSPS) is 8.82. The predicted octanol–water partition coefficient (Wildman–Crippen LogP) is 8.10. The molecule has 0 aliphatic carbocycles. The lowest BCUT2D eigenvalue weighted by molar-refractivity contribution is 0.364. The Kier molecular flexibility index (Phi) is 31.7. The molecule has 0 fully saturated rings. The van der Waals surface area contributed by atoms with Crippen molar-refractivity contribution < 1.29 is 13.5 Å². The average Bonchev–Trinajstić information content (AvgIpc) is 3.56. The van der Waals surface area contributed by atoms with Gasteiger partial charge in [0.25, 0.3) is 0 Å². The largest absolute Gasteiger partial charge is 0.428 e. The molecule has 0 spiro atoms. The van der Waals surface area contributed by atoms with Crippen LogP contribution in [0.15, 0.2) is 32.6 Å². The van der Waals surface area contributed by atoms with E-state index in [-0.39, 0.29) is 20.3 Å². The smallest absolute Gasteiger partial charge is 0.228 e. The van der Waals surface area contributed by atoms with Crippen LogP contribution in [0, 0.1) is 0 Å². The Labute approximate surface area is 203 Å². The molecule has 0 saturated heterocycles. The fourth-order valence-electron chi connectivity index (χ4n) is 1.37. The summed E-state index contributed by atoms with van der Waals surface area (Å²) >= 11 is 0. The molecule has 0 saturated carbocycles. The molecule has 3 rings (SSSR count). The number of hydrogen-bond acceptors (Lipinski definition) is 9. The molecule has 0 aliphatic rings. The minimum absolute atomic E-state index is 0. The fraction of sp³-hybridized carbons (Fsp3) is 0.750. The highest BCUT2D eigenvalue weighted by Gasteiger charge is 2.17. The SMILES string of the molecule is C.C.CC.CC.CC.CC(C)(C)c1ncon1.CC(C)c1ncno1.CC(C)c1nnco1. The van der Waals surface area contributed by atoms with E-state index in [0.29, 0.717) is 23.6 Å². The number of aromatic nitrogens is 6. The topological polar surface area (TPSA) is 117 Å². The van der Waals surface area contributed by atoms with E-state index in [1.54, 1.807) is 0 Å². The Balaban J connectivity index is -0.000000104. The molecule has 3 aromatic rings. The summed E-state index contributed by atoms with van der Waals surface area (Å²) in [7, 11) is 0. The van der Waals surface area contributed by atoms with Gasteiger partial charge in [0.2, 0.25) is 24.6 Å². The summed E-state index contributed by atoms with van der Waals surface area (Å²) in [6, 6.07) is 0. The van der Waals surface area contributed by atoms with Crippen LogP contribution in [0.5, 0.6) is 0 Å². The zero-order valence-corrected chi connectivity index (χ0v) is 21.8. The molecule has 33 heavy (non-hydrogen) atoms. The molecule has 0 bridgehead atoms. The van der Waals surface area contributed by atoms with Gasteiger partial charge in [0.1, 0.15) is 0 Å². The third-order valence-electron chi connectivity index (χ3n) is 2.78. The van der Waals surface area contributed by atoms with Crippen molar-refractivity contribution in [1.29, 1.82) is 0 Å². The van der Waals surface area contributed by atoms with Crippen LogP contribution in [0.2, 0.25) is 0 Å². The van der Waals surface area contributed by atoms with E-state index in [0.717, 1.165) is 5.82 Å². The maximum atomic E-state index is 4.87. The fourth-order valence-corrected chi connectivity index (χ4v) is 1.37. The van der Waals surface area contributed by atoms with Gasteiger partial charge in [0, 0.05) is 17.3 Å². The van der Waals surface area contributed by atoms with Crippen LogP contribution >= 0.6 is 0 Å². The molecule has 196 valence electrons. The Morgan fingerprint density at radius 3 is 1.45 bits per heavy atom. The highest BCUT2D eigenvalue weighted by atomic mass is 16.5. The van der Waals surface area contributed by atoms with Gasteiger partial charge in [-0.15, -0.1) is 10.2 Å². The molecule has 9 nitrogen and oxygen atoms in total. The molecule has 0 aromatic carbocycles. The molecule has 0 radical (unpaired) electrons. The second-order valence-corrected chi connectivity index (χ2v) is 6.87. The van der Waals surface area contributed by atoms with E-state index in [4.69, 9.17) is 8.94 Å². The second-order valence-electron chi connectivity index (χ2n) is 6.87. The van der Waals surface area contributed by atoms with Gasteiger partial charge >= 0.3 is 0 Å². The zero-order chi connectivity index (χ0) is 24.9. The monoisotopic (exact) mass is 472 g/mol. The van der Waals surface area contributed by atoms with Crippen molar-refractivity contribution in [2.75, 3.05) is 0 Å². The van der Waals surface area contributed by atoms with Gasteiger partial charge in [-0.05, 0) is 0 Å². The lowest BCUT2D eigenvalue weighted by Crippen LogP contribution is -2.12. The van der Waals surface area contributed by atoms with E-state index in [1.165, 1.54) is 19.1 Å².